The lowest BCUT2D eigenvalue weighted by atomic mass is 9.97. The van der Waals surface area contributed by atoms with Crippen molar-refractivity contribution in [3.8, 4) is 0 Å². The highest BCUT2D eigenvalue weighted by atomic mass is 19.4. The van der Waals surface area contributed by atoms with Crippen LogP contribution < -0.4 is 5.73 Å². The van der Waals surface area contributed by atoms with Gasteiger partial charge in [-0.2, -0.15) is 13.2 Å². The smallest absolute Gasteiger partial charge is 0.351 e. The zero-order valence-electron chi connectivity index (χ0n) is 9.75. The van der Waals surface area contributed by atoms with E-state index in [1.54, 1.807) is 6.42 Å². The quantitative estimate of drug-likeness (QED) is 0.786. The normalized spacial score (nSPS) is 19.8. The Morgan fingerprint density at radius 3 is 2.53 bits per heavy atom. The number of amides is 2. The summed E-state index contributed by atoms with van der Waals surface area (Å²) < 4.78 is 50.6. The average molecular weight is 275 g/mol. The number of carbonyl (C=O) groups excluding carboxylic acids is 1. The van der Waals surface area contributed by atoms with Crippen molar-refractivity contribution in [1.82, 2.24) is 4.90 Å². The number of alkyl halides is 3. The van der Waals surface area contributed by atoms with E-state index >= 15 is 0 Å². The van der Waals surface area contributed by atoms with E-state index < -0.39 is 23.6 Å². The van der Waals surface area contributed by atoms with E-state index in [2.05, 4.69) is 0 Å². The molecule has 0 unspecified atom stereocenters. The maximum absolute atomic E-state index is 13.4. The topological polar surface area (TPSA) is 46.3 Å². The number of likely N-dealkylation sites (tertiary alicyclic amines) is 1. The van der Waals surface area contributed by atoms with Crippen molar-refractivity contribution in [2.45, 2.75) is 12.1 Å². The number of benzene rings is 1. The first kappa shape index (κ1) is 13.6. The monoisotopic (exact) mass is 275 g/mol. The van der Waals surface area contributed by atoms with Crippen molar-refractivity contribution >= 4 is 6.03 Å². The Morgan fingerprint density at radius 1 is 1.37 bits per heavy atom. The van der Waals surface area contributed by atoms with Crippen LogP contribution in [0.15, 0.2) is 18.2 Å². The molecule has 103 valence electrons. The van der Waals surface area contributed by atoms with Gasteiger partial charge in [0.15, 0.2) is 0 Å². The van der Waals surface area contributed by atoms with Gasteiger partial charge in [0.05, 0.1) is 5.56 Å². The van der Waals surface area contributed by atoms with Gasteiger partial charge in [0, 0.05) is 19.0 Å². The minimum absolute atomic E-state index is 0.250. The lowest BCUT2D eigenvalue weighted by molar-refractivity contribution is -0.140. The molecular weight excluding hydrogens is 264 g/mol. The average Bonchev–Trinajstić information content (AvgIpc) is 2.76. The van der Waals surface area contributed by atoms with Crippen LogP contribution in [0.3, 0.4) is 0 Å². The van der Waals surface area contributed by atoms with Crippen molar-refractivity contribution < 1.29 is 22.4 Å². The third kappa shape index (κ3) is 2.80. The van der Waals surface area contributed by atoms with Crippen molar-refractivity contribution in [3.05, 3.63) is 41.6 Å². The molecule has 1 aliphatic rings. The molecule has 1 aromatic rings. The molecule has 1 aromatic carbocycles. The van der Waals surface area contributed by atoms with E-state index in [9.17, 15) is 22.4 Å². The molecular formula is C12H11F4N2O. The molecule has 2 N–H and O–H groups in total. The van der Waals surface area contributed by atoms with E-state index in [-0.39, 0.29) is 12.5 Å². The summed E-state index contributed by atoms with van der Waals surface area (Å²) >= 11 is 0. The molecule has 19 heavy (non-hydrogen) atoms. The van der Waals surface area contributed by atoms with Crippen LogP contribution in [0.25, 0.3) is 0 Å². The summed E-state index contributed by atoms with van der Waals surface area (Å²) in [6.07, 6.45) is -2.99. The van der Waals surface area contributed by atoms with Crippen LogP contribution in [0.5, 0.6) is 0 Å². The molecule has 2 amide bonds. The van der Waals surface area contributed by atoms with E-state index in [1.807, 2.05) is 0 Å². The largest absolute Gasteiger partial charge is 0.419 e. The van der Waals surface area contributed by atoms with E-state index in [0.29, 0.717) is 18.2 Å². The van der Waals surface area contributed by atoms with Gasteiger partial charge in [0.2, 0.25) is 0 Å². The Bertz CT molecular complexity index is 501. The number of rotatable bonds is 1. The Kier molecular flexibility index (Phi) is 3.38. The van der Waals surface area contributed by atoms with Gasteiger partial charge in [-0.05, 0) is 24.1 Å². The molecule has 1 fully saturated rings. The molecule has 1 atom stereocenters. The molecule has 1 saturated heterocycles. The van der Waals surface area contributed by atoms with Gasteiger partial charge in [-0.25, -0.2) is 9.18 Å². The van der Waals surface area contributed by atoms with Gasteiger partial charge in [-0.15, -0.1) is 0 Å². The highest BCUT2D eigenvalue weighted by Crippen LogP contribution is 2.34. The first-order chi connectivity index (χ1) is 8.79. The second-order valence-corrected chi connectivity index (χ2v) is 4.32. The van der Waals surface area contributed by atoms with Crippen molar-refractivity contribution in [3.63, 3.8) is 0 Å². The standard InChI is InChI=1S/C12H11F4N2O/c13-10-5-7(1-2-9(10)12(14,15)16)8-3-4-18(6-8)11(17)19/h1-3,5,8H,4,6H2,(H2,17,19)/t8-/m0/s1. The summed E-state index contributed by atoms with van der Waals surface area (Å²) in [5.41, 5.74) is 4.20. The predicted octanol–water partition coefficient (Wildman–Crippen LogP) is 2.53. The highest BCUT2D eigenvalue weighted by molar-refractivity contribution is 5.72. The Labute approximate surface area is 107 Å². The fraction of sp³-hybridized carbons (Fsp3) is 0.333. The molecule has 0 aliphatic carbocycles. The molecule has 3 nitrogen and oxygen atoms in total. The number of hydrogen-bond donors (Lipinski definition) is 1. The van der Waals surface area contributed by atoms with Gasteiger partial charge in [-0.1, -0.05) is 6.07 Å². The minimum Gasteiger partial charge on any atom is -0.351 e. The zero-order valence-corrected chi connectivity index (χ0v) is 9.75. The van der Waals surface area contributed by atoms with Crippen LogP contribution in [0.4, 0.5) is 22.4 Å². The van der Waals surface area contributed by atoms with Gasteiger partial charge in [-0.3, -0.25) is 0 Å². The third-order valence-electron chi connectivity index (χ3n) is 3.07. The Hall–Kier alpha value is -1.79. The van der Waals surface area contributed by atoms with E-state index in [1.165, 1.54) is 11.0 Å². The zero-order chi connectivity index (χ0) is 14.2. The summed E-state index contributed by atoms with van der Waals surface area (Å²) in [6, 6.07) is 2.18. The summed E-state index contributed by atoms with van der Waals surface area (Å²) in [4.78, 5) is 12.3. The second kappa shape index (κ2) is 4.71. The van der Waals surface area contributed by atoms with Crippen LogP contribution in [0.2, 0.25) is 0 Å². The predicted molar refractivity (Wildman–Crippen MR) is 59.6 cm³/mol. The third-order valence-corrected chi connectivity index (χ3v) is 3.07. The maximum atomic E-state index is 13.4. The lowest BCUT2D eigenvalue weighted by Crippen LogP contribution is -2.33. The van der Waals surface area contributed by atoms with Crippen LogP contribution in [-0.2, 0) is 6.18 Å². The Balaban J connectivity index is 2.20. The molecule has 1 radical (unpaired) electrons. The molecule has 2 rings (SSSR count). The number of urea groups is 1. The highest BCUT2D eigenvalue weighted by Gasteiger charge is 2.35. The van der Waals surface area contributed by atoms with E-state index in [4.69, 9.17) is 5.73 Å². The summed E-state index contributed by atoms with van der Waals surface area (Å²) in [5, 5.41) is 0. The Morgan fingerprint density at radius 2 is 2.05 bits per heavy atom. The minimum atomic E-state index is -4.71. The molecule has 1 aliphatic heterocycles. The SMILES string of the molecule is NC(=O)N1C[CH][C@H](c2ccc(C(F)(F)F)c(F)c2)C1. The van der Waals surface area contributed by atoms with Gasteiger partial charge in [0.1, 0.15) is 5.82 Å². The molecule has 0 spiro atoms. The van der Waals surface area contributed by atoms with E-state index in [0.717, 1.165) is 6.07 Å². The second-order valence-electron chi connectivity index (χ2n) is 4.32. The van der Waals surface area contributed by atoms with Crippen LogP contribution in [-0.4, -0.2) is 24.0 Å². The van der Waals surface area contributed by atoms with Gasteiger partial charge < -0.3 is 10.6 Å². The summed E-state index contributed by atoms with van der Waals surface area (Å²) in [7, 11) is 0. The molecule has 7 heteroatoms. The lowest BCUT2D eigenvalue weighted by Gasteiger charge is -2.15. The first-order valence-corrected chi connectivity index (χ1v) is 5.53. The summed E-state index contributed by atoms with van der Waals surface area (Å²) in [5.74, 6) is -1.61. The molecule has 0 bridgehead atoms. The van der Waals surface area contributed by atoms with Crippen molar-refractivity contribution in [2.24, 2.45) is 5.73 Å². The number of hydrogen-bond acceptors (Lipinski definition) is 1. The fourth-order valence-electron chi connectivity index (χ4n) is 2.05. The van der Waals surface area contributed by atoms with Gasteiger partial charge in [0.25, 0.3) is 0 Å². The van der Waals surface area contributed by atoms with Gasteiger partial charge >= 0.3 is 12.2 Å². The number of nitrogens with two attached hydrogens (primary N) is 1. The van der Waals surface area contributed by atoms with Crippen LogP contribution >= 0.6 is 0 Å². The number of carbonyl (C=O) groups is 1. The number of nitrogens with zero attached hydrogens (tertiary/aromatic N) is 1. The number of primary amides is 1. The maximum Gasteiger partial charge on any atom is 0.419 e. The molecule has 0 aromatic heterocycles. The molecule has 0 saturated carbocycles. The number of halogens is 4. The van der Waals surface area contributed by atoms with Crippen molar-refractivity contribution in [2.75, 3.05) is 13.1 Å². The fourth-order valence-corrected chi connectivity index (χ4v) is 2.05. The van der Waals surface area contributed by atoms with Crippen LogP contribution in [0, 0.1) is 12.2 Å². The van der Waals surface area contributed by atoms with Crippen molar-refractivity contribution in [1.29, 1.82) is 0 Å². The molecule has 1 heterocycles. The first-order valence-electron chi connectivity index (χ1n) is 5.53. The van der Waals surface area contributed by atoms with Crippen LogP contribution in [0.1, 0.15) is 17.0 Å². The summed E-state index contributed by atoms with van der Waals surface area (Å²) in [6.45, 7) is 0.558.